The average molecular weight is 497 g/mol. The van der Waals surface area contributed by atoms with Gasteiger partial charge in [-0.25, -0.2) is 4.68 Å². The fourth-order valence-corrected chi connectivity index (χ4v) is 4.29. The summed E-state index contributed by atoms with van der Waals surface area (Å²) < 4.78 is 7.03. The number of aryl methyl sites for hydroxylation is 1. The maximum Gasteiger partial charge on any atom is 0.269 e. The molecule has 1 aliphatic heterocycles. The molecule has 0 fully saturated rings. The number of carbonyl (C=O) groups is 1. The molecule has 186 valence electrons. The fraction of sp³-hybridized carbons (Fsp3) is 0.148. The van der Waals surface area contributed by atoms with Crippen molar-refractivity contribution >= 4 is 23.2 Å². The average Bonchev–Trinajstić information content (AvgIpc) is 3.32. The van der Waals surface area contributed by atoms with Gasteiger partial charge in [-0.15, -0.1) is 5.10 Å². The molecule has 2 N–H and O–H groups in total. The molecule has 1 amide bonds. The predicted octanol–water partition coefficient (Wildman–Crippen LogP) is 5.10. The lowest BCUT2D eigenvalue weighted by Gasteiger charge is -2.28. The topological polar surface area (TPSA) is 124 Å². The smallest absolute Gasteiger partial charge is 0.269 e. The Kier molecular flexibility index (Phi) is 6.14. The Morgan fingerprint density at radius 3 is 2.43 bits per heavy atom. The summed E-state index contributed by atoms with van der Waals surface area (Å²) in [6.45, 7) is 3.79. The number of rotatable bonds is 6. The van der Waals surface area contributed by atoms with Crippen LogP contribution in [-0.2, 0) is 4.79 Å². The molecule has 0 radical (unpaired) electrons. The SMILES string of the molecule is COc1ccccc1NC(=O)C1=C(C)Nc2nc(-c3ccc(C)cc3)nn2C1c1ccc([N+](=O)[O-])cc1. The standard InChI is InChI=1S/C27H24N6O4/c1-16-8-10-19(11-9-16)25-30-27-28-17(2)23(26(34)29-21-6-4-5-7-22(21)37-3)24(32(27)31-25)18-12-14-20(15-13-18)33(35)36/h4-15,24H,1-3H3,(H,29,34)(H,28,30,31). The molecular formula is C27H24N6O4. The molecule has 0 spiro atoms. The molecule has 1 aromatic heterocycles. The van der Waals surface area contributed by atoms with Crippen LogP contribution in [0.4, 0.5) is 17.3 Å². The number of hydrogen-bond donors (Lipinski definition) is 2. The zero-order valence-electron chi connectivity index (χ0n) is 20.4. The summed E-state index contributed by atoms with van der Waals surface area (Å²) in [4.78, 5) is 29.2. The number of nitrogens with zero attached hydrogens (tertiary/aromatic N) is 4. The minimum Gasteiger partial charge on any atom is -0.495 e. The monoisotopic (exact) mass is 496 g/mol. The van der Waals surface area contributed by atoms with E-state index in [9.17, 15) is 14.9 Å². The zero-order chi connectivity index (χ0) is 26.1. The third-order valence-electron chi connectivity index (χ3n) is 6.18. The van der Waals surface area contributed by atoms with Crippen molar-refractivity contribution in [1.29, 1.82) is 0 Å². The van der Waals surface area contributed by atoms with Gasteiger partial charge in [-0.05, 0) is 43.7 Å². The lowest BCUT2D eigenvalue weighted by atomic mass is 9.95. The van der Waals surface area contributed by atoms with Gasteiger partial charge in [-0.3, -0.25) is 14.9 Å². The van der Waals surface area contributed by atoms with Crippen LogP contribution < -0.4 is 15.4 Å². The second kappa shape index (κ2) is 9.57. The Hall–Kier alpha value is -4.99. The number of non-ortho nitro benzene ring substituents is 1. The lowest BCUT2D eigenvalue weighted by Crippen LogP contribution is -2.31. The molecular weight excluding hydrogens is 472 g/mol. The number of fused-ring (bicyclic) bond motifs is 1. The Morgan fingerprint density at radius 1 is 1.05 bits per heavy atom. The van der Waals surface area contributed by atoms with Gasteiger partial charge in [0.1, 0.15) is 11.8 Å². The summed E-state index contributed by atoms with van der Waals surface area (Å²) >= 11 is 0. The van der Waals surface area contributed by atoms with Crippen molar-refractivity contribution in [3.05, 3.63) is 105 Å². The number of allylic oxidation sites excluding steroid dienone is 1. The van der Waals surface area contributed by atoms with Crippen LogP contribution >= 0.6 is 0 Å². The van der Waals surface area contributed by atoms with E-state index >= 15 is 0 Å². The van der Waals surface area contributed by atoms with Gasteiger partial charge in [-0.1, -0.05) is 42.0 Å². The predicted molar refractivity (Wildman–Crippen MR) is 139 cm³/mol. The zero-order valence-corrected chi connectivity index (χ0v) is 20.4. The van der Waals surface area contributed by atoms with E-state index in [1.54, 1.807) is 41.9 Å². The molecule has 0 saturated heterocycles. The Labute approximate surface area is 212 Å². The fourth-order valence-electron chi connectivity index (χ4n) is 4.29. The van der Waals surface area contributed by atoms with Crippen LogP contribution in [0.1, 0.15) is 24.1 Å². The molecule has 37 heavy (non-hydrogen) atoms. The molecule has 4 aromatic rings. The van der Waals surface area contributed by atoms with Gasteiger partial charge in [0.2, 0.25) is 5.95 Å². The second-order valence-corrected chi connectivity index (χ2v) is 8.64. The van der Waals surface area contributed by atoms with Crippen LogP contribution in [0.3, 0.4) is 0 Å². The normalized spacial score (nSPS) is 14.5. The van der Waals surface area contributed by atoms with Crippen molar-refractivity contribution in [3.8, 4) is 17.1 Å². The van der Waals surface area contributed by atoms with E-state index in [0.717, 1.165) is 11.1 Å². The lowest BCUT2D eigenvalue weighted by molar-refractivity contribution is -0.384. The summed E-state index contributed by atoms with van der Waals surface area (Å²) in [7, 11) is 1.53. The van der Waals surface area contributed by atoms with Crippen LogP contribution in [0, 0.1) is 17.0 Å². The molecule has 5 rings (SSSR count). The van der Waals surface area contributed by atoms with E-state index < -0.39 is 11.0 Å². The van der Waals surface area contributed by atoms with E-state index in [4.69, 9.17) is 9.84 Å². The first-order valence-corrected chi connectivity index (χ1v) is 11.6. The molecule has 1 aliphatic rings. The largest absolute Gasteiger partial charge is 0.495 e. The van der Waals surface area contributed by atoms with Crippen LogP contribution in [0.5, 0.6) is 5.75 Å². The number of anilines is 2. The van der Waals surface area contributed by atoms with Crippen molar-refractivity contribution in [2.24, 2.45) is 0 Å². The van der Waals surface area contributed by atoms with Gasteiger partial charge in [0, 0.05) is 23.4 Å². The van der Waals surface area contributed by atoms with Crippen LogP contribution in [0.15, 0.2) is 84.1 Å². The number of hydrogen-bond acceptors (Lipinski definition) is 7. The minimum atomic E-state index is -0.682. The highest BCUT2D eigenvalue weighted by Crippen LogP contribution is 2.38. The van der Waals surface area contributed by atoms with Gasteiger partial charge in [0.15, 0.2) is 5.82 Å². The van der Waals surface area contributed by atoms with E-state index in [1.807, 2.05) is 37.3 Å². The number of methoxy groups -OCH3 is 1. The highest BCUT2D eigenvalue weighted by atomic mass is 16.6. The number of aromatic nitrogens is 3. The Morgan fingerprint density at radius 2 is 1.76 bits per heavy atom. The van der Waals surface area contributed by atoms with Gasteiger partial charge in [0.25, 0.3) is 11.6 Å². The van der Waals surface area contributed by atoms with Gasteiger partial charge >= 0.3 is 0 Å². The maximum absolute atomic E-state index is 13.7. The van der Waals surface area contributed by atoms with E-state index in [-0.39, 0.29) is 11.6 Å². The molecule has 1 unspecified atom stereocenters. The molecule has 10 heteroatoms. The number of benzene rings is 3. The summed E-state index contributed by atoms with van der Waals surface area (Å²) in [6.07, 6.45) is 0. The molecule has 3 aromatic carbocycles. The first kappa shape index (κ1) is 23.7. The third-order valence-corrected chi connectivity index (χ3v) is 6.18. The van der Waals surface area contributed by atoms with Crippen LogP contribution in [-0.4, -0.2) is 32.7 Å². The quantitative estimate of drug-likeness (QED) is 0.281. The van der Waals surface area contributed by atoms with Crippen molar-refractivity contribution in [1.82, 2.24) is 14.8 Å². The summed E-state index contributed by atoms with van der Waals surface area (Å²) in [6, 6.07) is 20.4. The number of nitro groups is 1. The Bertz CT molecular complexity index is 1520. The van der Waals surface area contributed by atoms with Crippen LogP contribution in [0.2, 0.25) is 0 Å². The number of carbonyl (C=O) groups excluding carboxylic acids is 1. The van der Waals surface area contributed by atoms with Crippen LogP contribution in [0.25, 0.3) is 11.4 Å². The second-order valence-electron chi connectivity index (χ2n) is 8.64. The molecule has 1 atom stereocenters. The first-order valence-electron chi connectivity index (χ1n) is 11.6. The molecule has 10 nitrogen and oxygen atoms in total. The highest BCUT2D eigenvalue weighted by Gasteiger charge is 2.35. The van der Waals surface area contributed by atoms with E-state index in [0.29, 0.717) is 40.0 Å². The van der Waals surface area contributed by atoms with Gasteiger partial charge < -0.3 is 15.4 Å². The van der Waals surface area contributed by atoms with Crippen molar-refractivity contribution in [3.63, 3.8) is 0 Å². The highest BCUT2D eigenvalue weighted by molar-refractivity contribution is 6.06. The number of amides is 1. The van der Waals surface area contributed by atoms with Gasteiger partial charge in [0.05, 0.1) is 23.3 Å². The summed E-state index contributed by atoms with van der Waals surface area (Å²) in [5.74, 6) is 1.11. The van der Waals surface area contributed by atoms with Gasteiger partial charge in [-0.2, -0.15) is 4.98 Å². The molecule has 0 bridgehead atoms. The van der Waals surface area contributed by atoms with Crippen molar-refractivity contribution < 1.29 is 14.5 Å². The maximum atomic E-state index is 13.7. The van der Waals surface area contributed by atoms with Crippen molar-refractivity contribution in [2.75, 3.05) is 17.7 Å². The Balaban J connectivity index is 1.60. The minimum absolute atomic E-state index is 0.0439. The number of nitro benzene ring substituents is 1. The molecule has 0 saturated carbocycles. The van der Waals surface area contributed by atoms with E-state index in [2.05, 4.69) is 15.6 Å². The molecule has 0 aliphatic carbocycles. The first-order chi connectivity index (χ1) is 17.9. The number of ether oxygens (including phenoxy) is 1. The third kappa shape index (κ3) is 4.52. The van der Waals surface area contributed by atoms with Crippen molar-refractivity contribution in [2.45, 2.75) is 19.9 Å². The van der Waals surface area contributed by atoms with E-state index in [1.165, 1.54) is 19.2 Å². The molecule has 2 heterocycles. The summed E-state index contributed by atoms with van der Waals surface area (Å²) in [5, 5.41) is 22.1. The number of nitrogens with one attached hydrogen (secondary N) is 2. The summed E-state index contributed by atoms with van der Waals surface area (Å²) in [5.41, 5.74) is 4.05. The number of para-hydroxylation sites is 2.